The molecule has 0 aromatic rings. The number of nitrogens with zero attached hydrogens (tertiary/aromatic N) is 1. The number of aliphatic imine (C=N–C) groups is 1. The number of allylic oxidation sites excluding steroid dienone is 3. The predicted molar refractivity (Wildman–Crippen MR) is 36.0 cm³/mol. The normalized spacial score (nSPS) is 25.6. The van der Waals surface area contributed by atoms with Crippen molar-refractivity contribution in [2.75, 3.05) is 0 Å². The molecule has 1 unspecified atom stereocenters. The minimum Gasteiger partial charge on any atom is -0.232 e. The van der Waals surface area contributed by atoms with Crippen LogP contribution in [0.3, 0.4) is 0 Å². The van der Waals surface area contributed by atoms with E-state index in [-0.39, 0.29) is 11.9 Å². The molecular formula is C7H8FN. The van der Waals surface area contributed by atoms with Gasteiger partial charge < -0.3 is 0 Å². The van der Waals surface area contributed by atoms with Gasteiger partial charge in [-0.2, -0.15) is 4.39 Å². The second-order valence-corrected chi connectivity index (χ2v) is 1.97. The monoisotopic (exact) mass is 125 g/mol. The summed E-state index contributed by atoms with van der Waals surface area (Å²) in [7, 11) is 0. The molecule has 0 saturated heterocycles. The van der Waals surface area contributed by atoms with Gasteiger partial charge in [-0.1, -0.05) is 19.1 Å². The summed E-state index contributed by atoms with van der Waals surface area (Å²) in [4.78, 5) is 3.51. The van der Waals surface area contributed by atoms with Gasteiger partial charge in [-0.25, -0.2) is 4.99 Å². The summed E-state index contributed by atoms with van der Waals surface area (Å²) in [5.74, 6) is -0.486. The summed E-state index contributed by atoms with van der Waals surface area (Å²) in [6.45, 7) is 1.77. The summed E-state index contributed by atoms with van der Waals surface area (Å²) in [5.41, 5.74) is 0. The maximum atomic E-state index is 12.5. The Balaban J connectivity index is 2.80. The van der Waals surface area contributed by atoms with Crippen LogP contribution in [0.5, 0.6) is 0 Å². The first-order chi connectivity index (χ1) is 4.30. The van der Waals surface area contributed by atoms with Gasteiger partial charge >= 0.3 is 0 Å². The van der Waals surface area contributed by atoms with Crippen molar-refractivity contribution in [3.05, 3.63) is 24.4 Å². The van der Waals surface area contributed by atoms with Crippen LogP contribution in [0, 0.1) is 5.92 Å². The predicted octanol–water partition coefficient (Wildman–Crippen LogP) is 2.07. The second kappa shape index (κ2) is 2.58. The number of halogens is 1. The second-order valence-electron chi connectivity index (χ2n) is 1.97. The van der Waals surface area contributed by atoms with Crippen LogP contribution in [0.1, 0.15) is 6.92 Å². The first-order valence-electron chi connectivity index (χ1n) is 2.87. The van der Waals surface area contributed by atoms with Crippen LogP contribution in [-0.4, -0.2) is 5.97 Å². The van der Waals surface area contributed by atoms with Crippen molar-refractivity contribution in [2.24, 2.45) is 10.9 Å². The maximum absolute atomic E-state index is 12.5. The average molecular weight is 125 g/mol. The van der Waals surface area contributed by atoms with Gasteiger partial charge in [0.25, 0.3) is 0 Å². The highest BCUT2D eigenvalue weighted by Gasteiger charge is 2.04. The Kier molecular flexibility index (Phi) is 1.78. The van der Waals surface area contributed by atoms with E-state index in [0.29, 0.717) is 0 Å². The molecule has 0 fully saturated rings. The first kappa shape index (κ1) is 6.20. The van der Waals surface area contributed by atoms with Gasteiger partial charge in [-0.05, 0) is 6.08 Å². The molecule has 1 aliphatic rings. The molecule has 0 N–H and O–H groups in total. The van der Waals surface area contributed by atoms with Crippen molar-refractivity contribution < 1.29 is 4.39 Å². The lowest BCUT2D eigenvalue weighted by molar-refractivity contribution is 0.724. The molecule has 0 aromatic heterocycles. The third-order valence-corrected chi connectivity index (χ3v) is 1.17. The largest absolute Gasteiger partial charge is 0.232 e. The van der Waals surface area contributed by atoms with E-state index < -0.39 is 0 Å². The van der Waals surface area contributed by atoms with Crippen molar-refractivity contribution in [2.45, 2.75) is 6.92 Å². The van der Waals surface area contributed by atoms with Gasteiger partial charge in [0.1, 0.15) is 0 Å². The Labute approximate surface area is 53.6 Å². The lowest BCUT2D eigenvalue weighted by Gasteiger charge is -1.95. The van der Waals surface area contributed by atoms with Crippen LogP contribution in [0.2, 0.25) is 0 Å². The molecule has 1 atom stereocenters. The topological polar surface area (TPSA) is 12.4 Å². The van der Waals surface area contributed by atoms with Gasteiger partial charge in [0, 0.05) is 12.1 Å². The summed E-state index contributed by atoms with van der Waals surface area (Å²) < 4.78 is 12.5. The van der Waals surface area contributed by atoms with Crippen molar-refractivity contribution in [1.82, 2.24) is 0 Å². The lowest BCUT2D eigenvalue weighted by atomic mass is 10.2. The average Bonchev–Trinajstić information content (AvgIpc) is 1.99. The Morgan fingerprint density at radius 1 is 1.56 bits per heavy atom. The van der Waals surface area contributed by atoms with E-state index in [0.717, 1.165) is 0 Å². The number of rotatable bonds is 0. The van der Waals surface area contributed by atoms with Crippen LogP contribution in [0.25, 0.3) is 0 Å². The first-order valence-corrected chi connectivity index (χ1v) is 2.87. The third kappa shape index (κ3) is 1.49. The summed E-state index contributed by atoms with van der Waals surface area (Å²) in [5, 5.41) is 0. The summed E-state index contributed by atoms with van der Waals surface area (Å²) in [6.07, 6.45) is 6.72. The Hall–Kier alpha value is -0.920. The zero-order chi connectivity index (χ0) is 6.69. The van der Waals surface area contributed by atoms with E-state index in [1.54, 1.807) is 25.2 Å². The summed E-state index contributed by atoms with van der Waals surface area (Å²) in [6, 6.07) is 0. The minimum absolute atomic E-state index is 0.167. The van der Waals surface area contributed by atoms with Gasteiger partial charge in [0.2, 0.25) is 0 Å². The molecule has 0 aliphatic carbocycles. The van der Waals surface area contributed by atoms with Crippen molar-refractivity contribution in [3.63, 3.8) is 0 Å². The molecule has 0 amide bonds. The molecule has 0 saturated carbocycles. The fourth-order valence-corrected chi connectivity index (χ4v) is 0.592. The van der Waals surface area contributed by atoms with Crippen LogP contribution in [0.15, 0.2) is 29.4 Å². The highest BCUT2D eigenvalue weighted by molar-refractivity contribution is 5.79. The SMILES string of the molecule is CC1C=CC=CN=C1F. The zero-order valence-electron chi connectivity index (χ0n) is 5.21. The molecule has 0 radical (unpaired) electrons. The van der Waals surface area contributed by atoms with Crippen molar-refractivity contribution in [3.8, 4) is 0 Å². The standard InChI is InChI=1S/C7H8FN/c1-6-4-2-3-5-9-7(6)8/h2-6H,1H3. The molecule has 1 aliphatic heterocycles. The van der Waals surface area contributed by atoms with Gasteiger partial charge in [-0.15, -0.1) is 0 Å². The molecule has 0 spiro atoms. The smallest absolute Gasteiger partial charge is 0.195 e. The van der Waals surface area contributed by atoms with Crippen LogP contribution in [0.4, 0.5) is 4.39 Å². The van der Waals surface area contributed by atoms with Gasteiger partial charge in [0.05, 0.1) is 0 Å². The fraction of sp³-hybridized carbons (Fsp3) is 0.286. The van der Waals surface area contributed by atoms with E-state index in [1.807, 2.05) is 0 Å². The highest BCUT2D eigenvalue weighted by atomic mass is 19.1. The molecule has 2 heteroatoms. The Morgan fingerprint density at radius 2 is 2.33 bits per heavy atom. The van der Waals surface area contributed by atoms with Gasteiger partial charge in [0.15, 0.2) is 5.97 Å². The van der Waals surface area contributed by atoms with Crippen LogP contribution in [-0.2, 0) is 0 Å². The van der Waals surface area contributed by atoms with Crippen LogP contribution < -0.4 is 0 Å². The molecule has 0 bridgehead atoms. The van der Waals surface area contributed by atoms with E-state index in [2.05, 4.69) is 4.99 Å². The molecule has 1 heterocycles. The quantitative estimate of drug-likeness (QED) is 0.470. The number of hydrogen-bond acceptors (Lipinski definition) is 1. The molecule has 1 rings (SSSR count). The highest BCUT2D eigenvalue weighted by Crippen LogP contribution is 2.05. The van der Waals surface area contributed by atoms with Crippen molar-refractivity contribution in [1.29, 1.82) is 0 Å². The maximum Gasteiger partial charge on any atom is 0.195 e. The third-order valence-electron chi connectivity index (χ3n) is 1.17. The Bertz CT molecular complexity index is 179. The van der Waals surface area contributed by atoms with Crippen molar-refractivity contribution >= 4 is 5.97 Å². The molecular weight excluding hydrogens is 117 g/mol. The molecule has 9 heavy (non-hydrogen) atoms. The molecule has 0 aromatic carbocycles. The van der Waals surface area contributed by atoms with Gasteiger partial charge in [-0.3, -0.25) is 0 Å². The lowest BCUT2D eigenvalue weighted by Crippen LogP contribution is -1.99. The van der Waals surface area contributed by atoms with E-state index in [9.17, 15) is 4.39 Å². The summed E-state index contributed by atoms with van der Waals surface area (Å²) >= 11 is 0. The molecule has 1 nitrogen and oxygen atoms in total. The van der Waals surface area contributed by atoms with E-state index in [4.69, 9.17) is 0 Å². The van der Waals surface area contributed by atoms with E-state index in [1.165, 1.54) is 6.20 Å². The minimum atomic E-state index is -0.319. The number of hydrogen-bond donors (Lipinski definition) is 0. The molecule has 48 valence electrons. The Morgan fingerprint density at radius 3 is 3.11 bits per heavy atom. The fourth-order valence-electron chi connectivity index (χ4n) is 0.592. The zero-order valence-corrected chi connectivity index (χ0v) is 5.21. The van der Waals surface area contributed by atoms with Crippen LogP contribution >= 0.6 is 0 Å². The van der Waals surface area contributed by atoms with E-state index >= 15 is 0 Å².